The molecule has 1 aromatic carbocycles. The summed E-state index contributed by atoms with van der Waals surface area (Å²) in [4.78, 5) is 39.5. The van der Waals surface area contributed by atoms with E-state index in [1.54, 1.807) is 19.1 Å². The average molecular weight is 432 g/mol. The van der Waals surface area contributed by atoms with Crippen molar-refractivity contribution in [1.82, 2.24) is 15.6 Å². The highest BCUT2D eigenvalue weighted by atomic mass is 79.9. The molecule has 0 spiro atoms. The van der Waals surface area contributed by atoms with Crippen molar-refractivity contribution >= 4 is 33.8 Å². The number of ether oxygens (including phenoxy) is 1. The van der Waals surface area contributed by atoms with E-state index < -0.39 is 24.5 Å². The number of benzene rings is 1. The van der Waals surface area contributed by atoms with Crippen LogP contribution in [0.4, 0.5) is 4.79 Å². The lowest BCUT2D eigenvalue weighted by Gasteiger charge is -2.09. The van der Waals surface area contributed by atoms with Gasteiger partial charge in [-0.3, -0.25) is 15.1 Å². The minimum atomic E-state index is -0.735. The molecule has 0 aliphatic heterocycles. The van der Waals surface area contributed by atoms with E-state index >= 15 is 0 Å². The Hall–Kier alpha value is -3.00. The fourth-order valence-electron chi connectivity index (χ4n) is 2.17. The van der Waals surface area contributed by atoms with Crippen LogP contribution in [-0.4, -0.2) is 36.0 Å². The summed E-state index contributed by atoms with van der Waals surface area (Å²) in [7, 11) is 0. The zero-order valence-electron chi connectivity index (χ0n) is 14.6. The molecule has 0 saturated heterocycles. The molecule has 0 bridgehead atoms. The van der Waals surface area contributed by atoms with Gasteiger partial charge >= 0.3 is 12.0 Å². The first-order chi connectivity index (χ1) is 12.9. The predicted octanol–water partition coefficient (Wildman–Crippen LogP) is 2.99. The van der Waals surface area contributed by atoms with E-state index in [1.165, 1.54) is 6.08 Å². The first-order valence-electron chi connectivity index (χ1n) is 8.00. The Morgan fingerprint density at radius 3 is 2.70 bits per heavy atom. The number of hydrogen-bond acceptors (Lipinski definition) is 5. The van der Waals surface area contributed by atoms with Crippen LogP contribution in [0.2, 0.25) is 0 Å². The number of nitrogens with zero attached hydrogens (tertiary/aromatic N) is 1. The molecule has 2 aromatic rings. The van der Waals surface area contributed by atoms with E-state index in [1.807, 2.05) is 29.6 Å². The van der Waals surface area contributed by atoms with Gasteiger partial charge in [0.25, 0.3) is 5.91 Å². The van der Waals surface area contributed by atoms with Gasteiger partial charge in [0.05, 0.1) is 17.0 Å². The SMILES string of the molecule is C=CCNC(=O)NC(=O)COC(=O)c1ccc(-c2cccc(Br)c2)nc1C. The molecule has 0 fully saturated rings. The molecule has 0 aliphatic carbocycles. The zero-order valence-corrected chi connectivity index (χ0v) is 16.2. The number of pyridine rings is 1. The topological polar surface area (TPSA) is 97.4 Å². The number of aromatic nitrogens is 1. The van der Waals surface area contributed by atoms with Gasteiger partial charge in [-0.25, -0.2) is 9.59 Å². The van der Waals surface area contributed by atoms with Crippen LogP contribution in [0.3, 0.4) is 0 Å². The van der Waals surface area contributed by atoms with Gasteiger partial charge in [0.1, 0.15) is 0 Å². The lowest BCUT2D eigenvalue weighted by Crippen LogP contribution is -2.41. The highest BCUT2D eigenvalue weighted by molar-refractivity contribution is 9.10. The van der Waals surface area contributed by atoms with Crippen molar-refractivity contribution in [2.75, 3.05) is 13.2 Å². The molecule has 7 nitrogen and oxygen atoms in total. The third-order valence-electron chi connectivity index (χ3n) is 3.42. The quantitative estimate of drug-likeness (QED) is 0.541. The number of hydrogen-bond donors (Lipinski definition) is 2. The average Bonchev–Trinajstić information content (AvgIpc) is 2.64. The number of amides is 3. The second-order valence-corrected chi connectivity index (χ2v) is 6.38. The number of halogens is 1. The summed E-state index contributed by atoms with van der Waals surface area (Å²) in [6.07, 6.45) is 1.47. The van der Waals surface area contributed by atoms with E-state index in [2.05, 4.69) is 32.8 Å². The molecule has 0 aliphatic rings. The smallest absolute Gasteiger partial charge is 0.340 e. The number of carbonyl (C=O) groups is 3. The van der Waals surface area contributed by atoms with Gasteiger partial charge in [-0.05, 0) is 31.2 Å². The van der Waals surface area contributed by atoms with Crippen LogP contribution >= 0.6 is 15.9 Å². The third-order valence-corrected chi connectivity index (χ3v) is 3.91. The molecule has 2 N–H and O–H groups in total. The van der Waals surface area contributed by atoms with Crippen LogP contribution in [0, 0.1) is 6.92 Å². The van der Waals surface area contributed by atoms with Gasteiger partial charge in [0, 0.05) is 16.6 Å². The number of rotatable bonds is 6. The van der Waals surface area contributed by atoms with Crippen molar-refractivity contribution in [3.05, 3.63) is 64.8 Å². The van der Waals surface area contributed by atoms with Crippen molar-refractivity contribution in [3.63, 3.8) is 0 Å². The number of nitrogens with one attached hydrogen (secondary N) is 2. The molecular weight excluding hydrogens is 414 g/mol. The van der Waals surface area contributed by atoms with Gasteiger partial charge in [0.2, 0.25) is 0 Å². The van der Waals surface area contributed by atoms with Crippen LogP contribution in [0.15, 0.2) is 53.5 Å². The second kappa shape index (κ2) is 9.63. The molecule has 2 rings (SSSR count). The monoisotopic (exact) mass is 431 g/mol. The molecule has 27 heavy (non-hydrogen) atoms. The Bertz CT molecular complexity index is 883. The molecule has 0 saturated carbocycles. The first-order valence-corrected chi connectivity index (χ1v) is 8.79. The van der Waals surface area contributed by atoms with Crippen LogP contribution in [0.5, 0.6) is 0 Å². The Morgan fingerprint density at radius 1 is 1.26 bits per heavy atom. The van der Waals surface area contributed by atoms with Gasteiger partial charge in [-0.15, -0.1) is 6.58 Å². The van der Waals surface area contributed by atoms with Crippen LogP contribution in [0.1, 0.15) is 16.1 Å². The fourth-order valence-corrected chi connectivity index (χ4v) is 2.57. The van der Waals surface area contributed by atoms with E-state index in [0.29, 0.717) is 11.4 Å². The summed E-state index contributed by atoms with van der Waals surface area (Å²) in [6.45, 7) is 4.76. The van der Waals surface area contributed by atoms with Crippen LogP contribution < -0.4 is 10.6 Å². The number of urea groups is 1. The zero-order chi connectivity index (χ0) is 19.8. The van der Waals surface area contributed by atoms with Gasteiger partial charge < -0.3 is 10.1 Å². The summed E-state index contributed by atoms with van der Waals surface area (Å²) in [5, 5.41) is 4.41. The maximum Gasteiger partial charge on any atom is 0.340 e. The van der Waals surface area contributed by atoms with Crippen molar-refractivity contribution in [1.29, 1.82) is 0 Å². The Balaban J connectivity index is 1.97. The number of aryl methyl sites for hydroxylation is 1. The summed E-state index contributed by atoms with van der Waals surface area (Å²) in [5.74, 6) is -1.43. The fraction of sp³-hybridized carbons (Fsp3) is 0.158. The number of esters is 1. The van der Waals surface area contributed by atoms with E-state index in [4.69, 9.17) is 4.74 Å². The summed E-state index contributed by atoms with van der Waals surface area (Å²) >= 11 is 3.41. The predicted molar refractivity (Wildman–Crippen MR) is 104 cm³/mol. The Kier molecular flexibility index (Phi) is 7.25. The van der Waals surface area contributed by atoms with Crippen molar-refractivity contribution in [2.45, 2.75) is 6.92 Å². The standard InChI is InChI=1S/C19H18BrN3O4/c1-3-9-21-19(26)23-17(24)11-27-18(25)15-7-8-16(22-12(15)2)13-5-4-6-14(20)10-13/h3-8,10H,1,9,11H2,2H3,(H2,21,23,24,26). The minimum absolute atomic E-state index is 0.216. The lowest BCUT2D eigenvalue weighted by atomic mass is 10.1. The summed E-state index contributed by atoms with van der Waals surface area (Å²) in [5.41, 5.74) is 2.33. The lowest BCUT2D eigenvalue weighted by molar-refractivity contribution is -0.123. The van der Waals surface area contributed by atoms with Crippen molar-refractivity contribution in [3.8, 4) is 11.3 Å². The Morgan fingerprint density at radius 2 is 2.04 bits per heavy atom. The molecule has 0 radical (unpaired) electrons. The molecule has 3 amide bonds. The normalized spacial score (nSPS) is 10.0. The molecule has 1 aromatic heterocycles. The van der Waals surface area contributed by atoms with Gasteiger partial charge in [-0.2, -0.15) is 0 Å². The summed E-state index contributed by atoms with van der Waals surface area (Å²) in [6, 6.07) is 10.2. The minimum Gasteiger partial charge on any atom is -0.452 e. The maximum absolute atomic E-state index is 12.2. The maximum atomic E-state index is 12.2. The van der Waals surface area contributed by atoms with Gasteiger partial charge in [-0.1, -0.05) is 34.1 Å². The van der Waals surface area contributed by atoms with Crippen LogP contribution in [0.25, 0.3) is 11.3 Å². The summed E-state index contributed by atoms with van der Waals surface area (Å²) < 4.78 is 5.86. The van der Waals surface area contributed by atoms with E-state index in [9.17, 15) is 14.4 Å². The largest absolute Gasteiger partial charge is 0.452 e. The third kappa shape index (κ3) is 6.03. The Labute approximate surface area is 165 Å². The molecule has 0 atom stereocenters. The van der Waals surface area contributed by atoms with Crippen molar-refractivity contribution < 1.29 is 19.1 Å². The van der Waals surface area contributed by atoms with Crippen molar-refractivity contribution in [2.24, 2.45) is 0 Å². The van der Waals surface area contributed by atoms with E-state index in [0.717, 1.165) is 10.0 Å². The first kappa shape index (κ1) is 20.3. The molecule has 0 unspecified atom stereocenters. The van der Waals surface area contributed by atoms with Crippen LogP contribution in [-0.2, 0) is 9.53 Å². The van der Waals surface area contributed by atoms with E-state index in [-0.39, 0.29) is 12.1 Å². The molecule has 8 heteroatoms. The molecule has 1 heterocycles. The van der Waals surface area contributed by atoms with Gasteiger partial charge in [0.15, 0.2) is 6.61 Å². The molecule has 140 valence electrons. The number of imide groups is 1. The highest BCUT2D eigenvalue weighted by Crippen LogP contribution is 2.22. The molecular formula is C19H18BrN3O4. The highest BCUT2D eigenvalue weighted by Gasteiger charge is 2.15. The second-order valence-electron chi connectivity index (χ2n) is 5.46. The number of carbonyl (C=O) groups excluding carboxylic acids is 3.